The van der Waals surface area contributed by atoms with Gasteiger partial charge in [-0.15, -0.1) is 0 Å². The molecule has 1 heterocycles. The number of hydrogen-bond acceptors (Lipinski definition) is 2. The number of nitrogens with one attached hydrogen (secondary N) is 1. The van der Waals surface area contributed by atoms with Gasteiger partial charge in [0.25, 0.3) is 5.91 Å². The molecule has 1 aliphatic carbocycles. The third-order valence-corrected chi connectivity index (χ3v) is 4.70. The molecule has 2 aromatic rings. The van der Waals surface area contributed by atoms with E-state index in [1.165, 1.54) is 42.1 Å². The van der Waals surface area contributed by atoms with Gasteiger partial charge >= 0.3 is 0 Å². The average molecular weight is 329 g/mol. The summed E-state index contributed by atoms with van der Waals surface area (Å²) in [6.45, 7) is 2.09. The molecule has 0 radical (unpaired) electrons. The van der Waals surface area contributed by atoms with Crippen molar-refractivity contribution in [1.82, 2.24) is 10.3 Å². The topological polar surface area (TPSA) is 42.0 Å². The Labute approximate surface area is 142 Å². The SMILES string of the molecule is CCC(NC(=O)c1ccc(Cl)nc1)c1ccc2c(c1)CCCC2. The molecule has 1 unspecified atom stereocenters. The molecule has 0 fully saturated rings. The average Bonchev–Trinajstić information content (AvgIpc) is 2.59. The summed E-state index contributed by atoms with van der Waals surface area (Å²) in [5, 5.41) is 3.50. The molecule has 1 aliphatic rings. The smallest absolute Gasteiger partial charge is 0.253 e. The Hall–Kier alpha value is -1.87. The Balaban J connectivity index is 1.77. The fourth-order valence-corrected chi connectivity index (χ4v) is 3.25. The molecule has 1 atom stereocenters. The number of amides is 1. The summed E-state index contributed by atoms with van der Waals surface area (Å²) in [5.41, 5.74) is 4.62. The first kappa shape index (κ1) is 16.0. The van der Waals surface area contributed by atoms with E-state index in [2.05, 4.69) is 35.4 Å². The number of benzene rings is 1. The minimum absolute atomic E-state index is 0.0189. The van der Waals surface area contributed by atoms with Crippen LogP contribution in [0, 0.1) is 0 Å². The molecule has 23 heavy (non-hydrogen) atoms. The Morgan fingerprint density at radius 1 is 1.22 bits per heavy atom. The molecule has 1 amide bonds. The van der Waals surface area contributed by atoms with E-state index >= 15 is 0 Å². The van der Waals surface area contributed by atoms with E-state index in [1.807, 2.05) is 0 Å². The van der Waals surface area contributed by atoms with E-state index < -0.39 is 0 Å². The van der Waals surface area contributed by atoms with E-state index in [1.54, 1.807) is 12.1 Å². The van der Waals surface area contributed by atoms with Crippen LogP contribution in [0.2, 0.25) is 5.15 Å². The van der Waals surface area contributed by atoms with Crippen LogP contribution >= 0.6 is 11.6 Å². The van der Waals surface area contributed by atoms with Crippen molar-refractivity contribution in [1.29, 1.82) is 0 Å². The van der Waals surface area contributed by atoms with Crippen LogP contribution in [-0.4, -0.2) is 10.9 Å². The van der Waals surface area contributed by atoms with Crippen molar-refractivity contribution >= 4 is 17.5 Å². The second kappa shape index (κ2) is 7.14. The number of halogens is 1. The number of pyridine rings is 1. The molecule has 120 valence electrons. The summed E-state index contributed by atoms with van der Waals surface area (Å²) in [5.74, 6) is -0.112. The normalized spacial score (nSPS) is 14.9. The van der Waals surface area contributed by atoms with Gasteiger partial charge in [0, 0.05) is 6.20 Å². The van der Waals surface area contributed by atoms with E-state index in [0.29, 0.717) is 10.7 Å². The quantitative estimate of drug-likeness (QED) is 0.840. The molecule has 0 aliphatic heterocycles. The van der Waals surface area contributed by atoms with Gasteiger partial charge in [-0.1, -0.05) is 36.7 Å². The molecule has 4 heteroatoms. The van der Waals surface area contributed by atoms with Gasteiger partial charge in [0.05, 0.1) is 11.6 Å². The number of aromatic nitrogens is 1. The van der Waals surface area contributed by atoms with E-state index in [-0.39, 0.29) is 11.9 Å². The van der Waals surface area contributed by atoms with Crippen molar-refractivity contribution in [2.75, 3.05) is 0 Å². The standard InChI is InChI=1S/C19H21ClN2O/c1-2-17(22-19(23)16-9-10-18(20)21-12-16)15-8-7-13-5-3-4-6-14(13)11-15/h7-12,17H,2-6H2,1H3,(H,22,23). The highest BCUT2D eigenvalue weighted by molar-refractivity contribution is 6.29. The third kappa shape index (κ3) is 3.73. The summed E-state index contributed by atoms with van der Waals surface area (Å²) < 4.78 is 0. The van der Waals surface area contributed by atoms with E-state index in [0.717, 1.165) is 12.8 Å². The zero-order valence-corrected chi connectivity index (χ0v) is 14.1. The van der Waals surface area contributed by atoms with Crippen LogP contribution in [0.25, 0.3) is 0 Å². The van der Waals surface area contributed by atoms with Crippen molar-refractivity contribution in [3.05, 3.63) is 63.9 Å². The van der Waals surface area contributed by atoms with Crippen LogP contribution < -0.4 is 5.32 Å². The highest BCUT2D eigenvalue weighted by Crippen LogP contribution is 2.26. The number of fused-ring (bicyclic) bond motifs is 1. The predicted molar refractivity (Wildman–Crippen MR) is 92.8 cm³/mol. The number of carbonyl (C=O) groups excluding carboxylic acids is 1. The van der Waals surface area contributed by atoms with Gasteiger partial charge in [-0.3, -0.25) is 4.79 Å². The molecule has 0 bridgehead atoms. The van der Waals surface area contributed by atoms with Gasteiger partial charge in [-0.05, 0) is 60.9 Å². The molecule has 3 nitrogen and oxygen atoms in total. The van der Waals surface area contributed by atoms with Gasteiger partial charge in [-0.25, -0.2) is 4.98 Å². The summed E-state index contributed by atoms with van der Waals surface area (Å²) in [4.78, 5) is 16.4. The van der Waals surface area contributed by atoms with Crippen LogP contribution in [0.1, 0.15) is 59.3 Å². The molecule has 0 saturated carbocycles. The van der Waals surface area contributed by atoms with Gasteiger partial charge < -0.3 is 5.32 Å². The molecular formula is C19H21ClN2O. The van der Waals surface area contributed by atoms with Crippen LogP contribution in [0.4, 0.5) is 0 Å². The van der Waals surface area contributed by atoms with Gasteiger partial charge in [-0.2, -0.15) is 0 Å². The Morgan fingerprint density at radius 3 is 2.70 bits per heavy atom. The largest absolute Gasteiger partial charge is 0.345 e. The minimum Gasteiger partial charge on any atom is -0.345 e. The lowest BCUT2D eigenvalue weighted by atomic mass is 9.89. The molecular weight excluding hydrogens is 308 g/mol. The third-order valence-electron chi connectivity index (χ3n) is 4.48. The van der Waals surface area contributed by atoms with Gasteiger partial charge in [0.1, 0.15) is 5.15 Å². The van der Waals surface area contributed by atoms with Crippen molar-refractivity contribution in [3.63, 3.8) is 0 Å². The second-order valence-electron chi connectivity index (χ2n) is 6.04. The van der Waals surface area contributed by atoms with Crippen LogP contribution in [-0.2, 0) is 12.8 Å². The molecule has 0 spiro atoms. The fourth-order valence-electron chi connectivity index (χ4n) is 3.14. The lowest BCUT2D eigenvalue weighted by Crippen LogP contribution is -2.28. The second-order valence-corrected chi connectivity index (χ2v) is 6.43. The van der Waals surface area contributed by atoms with Crippen molar-refractivity contribution < 1.29 is 4.79 Å². The molecule has 1 aromatic heterocycles. The molecule has 3 rings (SSSR count). The first-order chi connectivity index (χ1) is 11.2. The van der Waals surface area contributed by atoms with Gasteiger partial charge in [0.2, 0.25) is 0 Å². The number of rotatable bonds is 4. The van der Waals surface area contributed by atoms with Crippen molar-refractivity contribution in [3.8, 4) is 0 Å². The number of hydrogen-bond donors (Lipinski definition) is 1. The summed E-state index contributed by atoms with van der Waals surface area (Å²) in [6, 6.07) is 10.00. The lowest BCUT2D eigenvalue weighted by molar-refractivity contribution is 0.0935. The molecule has 0 saturated heterocycles. The summed E-state index contributed by atoms with van der Waals surface area (Å²) in [7, 11) is 0. The first-order valence-corrected chi connectivity index (χ1v) is 8.59. The maximum atomic E-state index is 12.4. The summed E-state index contributed by atoms with van der Waals surface area (Å²) in [6.07, 6.45) is 7.23. The number of nitrogens with zero attached hydrogens (tertiary/aromatic N) is 1. The zero-order chi connectivity index (χ0) is 16.2. The Kier molecular flexibility index (Phi) is 4.97. The summed E-state index contributed by atoms with van der Waals surface area (Å²) >= 11 is 5.77. The lowest BCUT2D eigenvalue weighted by Gasteiger charge is -2.21. The number of aryl methyl sites for hydroxylation is 2. The zero-order valence-electron chi connectivity index (χ0n) is 13.3. The van der Waals surface area contributed by atoms with Crippen LogP contribution in [0.15, 0.2) is 36.5 Å². The highest BCUT2D eigenvalue weighted by atomic mass is 35.5. The van der Waals surface area contributed by atoms with Crippen LogP contribution in [0.3, 0.4) is 0 Å². The minimum atomic E-state index is -0.112. The van der Waals surface area contributed by atoms with Crippen LogP contribution in [0.5, 0.6) is 0 Å². The Bertz CT molecular complexity index is 697. The van der Waals surface area contributed by atoms with Crippen molar-refractivity contribution in [2.24, 2.45) is 0 Å². The maximum Gasteiger partial charge on any atom is 0.253 e. The van der Waals surface area contributed by atoms with Crippen molar-refractivity contribution in [2.45, 2.75) is 45.1 Å². The predicted octanol–water partition coefficient (Wildman–Crippen LogP) is 4.49. The fraction of sp³-hybridized carbons (Fsp3) is 0.368. The Morgan fingerprint density at radius 2 is 2.00 bits per heavy atom. The molecule has 1 N–H and O–H groups in total. The highest BCUT2D eigenvalue weighted by Gasteiger charge is 2.17. The van der Waals surface area contributed by atoms with E-state index in [4.69, 9.17) is 11.6 Å². The number of carbonyl (C=O) groups is 1. The molecule has 1 aromatic carbocycles. The monoisotopic (exact) mass is 328 g/mol. The van der Waals surface area contributed by atoms with Gasteiger partial charge in [0.15, 0.2) is 0 Å². The first-order valence-electron chi connectivity index (χ1n) is 8.21. The maximum absolute atomic E-state index is 12.4. The van der Waals surface area contributed by atoms with E-state index in [9.17, 15) is 4.79 Å².